The van der Waals surface area contributed by atoms with Gasteiger partial charge >= 0.3 is 6.18 Å². The van der Waals surface area contributed by atoms with Crippen LogP contribution < -0.4 is 14.9 Å². The minimum Gasteiger partial charge on any atom is -0.496 e. The van der Waals surface area contributed by atoms with Gasteiger partial charge in [-0.1, -0.05) is 6.07 Å². The second-order valence-electron chi connectivity index (χ2n) is 7.64. The first-order chi connectivity index (χ1) is 14.3. The number of carbonyl (C=O) groups excluding carboxylic acids is 2. The quantitative estimate of drug-likeness (QED) is 0.728. The van der Waals surface area contributed by atoms with Crippen LogP contribution in [0.3, 0.4) is 0 Å². The summed E-state index contributed by atoms with van der Waals surface area (Å²) >= 11 is 0. The van der Waals surface area contributed by atoms with Gasteiger partial charge in [0.1, 0.15) is 17.0 Å². The molecular formula is C21H24F3N3O4. The molecule has 0 atom stereocenters. The fourth-order valence-corrected chi connectivity index (χ4v) is 2.80. The molecule has 0 aliphatic carbocycles. The molecular weight excluding hydrogens is 415 g/mol. The fraction of sp³-hybridized carbons (Fsp3) is 0.381. The monoisotopic (exact) mass is 439 g/mol. The molecule has 1 heterocycles. The number of methoxy groups -OCH3 is 2. The predicted molar refractivity (Wildman–Crippen MR) is 107 cm³/mol. The molecule has 1 aromatic carbocycles. The number of nitrogens with zero attached hydrogens (tertiary/aromatic N) is 2. The molecule has 0 radical (unpaired) electrons. The lowest BCUT2D eigenvalue weighted by Crippen LogP contribution is -2.56. The maximum absolute atomic E-state index is 13.2. The molecule has 0 spiro atoms. The Morgan fingerprint density at radius 1 is 1.00 bits per heavy atom. The van der Waals surface area contributed by atoms with Crippen molar-refractivity contribution < 1.29 is 32.2 Å². The van der Waals surface area contributed by atoms with Gasteiger partial charge in [0, 0.05) is 11.1 Å². The van der Waals surface area contributed by atoms with E-state index in [1.165, 1.54) is 7.11 Å². The molecule has 31 heavy (non-hydrogen) atoms. The summed E-state index contributed by atoms with van der Waals surface area (Å²) in [6, 6.07) is 6.55. The molecule has 0 bridgehead atoms. The molecule has 2 rings (SSSR count). The molecule has 2 amide bonds. The number of benzene rings is 1. The Morgan fingerprint density at radius 3 is 2.16 bits per heavy atom. The first-order valence-corrected chi connectivity index (χ1v) is 9.22. The number of carbonyl (C=O) groups is 2. The highest BCUT2D eigenvalue weighted by atomic mass is 19.4. The highest BCUT2D eigenvalue weighted by Gasteiger charge is 2.36. The van der Waals surface area contributed by atoms with Gasteiger partial charge in [-0.15, -0.1) is 0 Å². The van der Waals surface area contributed by atoms with Crippen LogP contribution in [0.5, 0.6) is 11.6 Å². The van der Waals surface area contributed by atoms with E-state index in [9.17, 15) is 22.8 Å². The number of pyridine rings is 1. The zero-order valence-electron chi connectivity index (χ0n) is 18.0. The molecule has 168 valence electrons. The number of halogens is 3. The molecule has 0 saturated heterocycles. The van der Waals surface area contributed by atoms with Crippen molar-refractivity contribution in [3.8, 4) is 11.6 Å². The van der Waals surface area contributed by atoms with Gasteiger partial charge in [0.15, 0.2) is 0 Å². The van der Waals surface area contributed by atoms with E-state index in [4.69, 9.17) is 9.47 Å². The zero-order valence-corrected chi connectivity index (χ0v) is 18.0. The average molecular weight is 439 g/mol. The van der Waals surface area contributed by atoms with Crippen LogP contribution in [0.4, 0.5) is 13.2 Å². The second-order valence-corrected chi connectivity index (χ2v) is 7.64. The van der Waals surface area contributed by atoms with Gasteiger partial charge in [-0.25, -0.2) is 9.99 Å². The Labute approximate surface area is 178 Å². The van der Waals surface area contributed by atoms with E-state index in [-0.39, 0.29) is 11.1 Å². The van der Waals surface area contributed by atoms with E-state index in [1.54, 1.807) is 45.9 Å². The van der Waals surface area contributed by atoms with Crippen LogP contribution in [0.2, 0.25) is 0 Å². The Kier molecular flexibility index (Phi) is 6.83. The van der Waals surface area contributed by atoms with Crippen molar-refractivity contribution in [1.82, 2.24) is 15.4 Å². The Bertz CT molecular complexity index is 985. The highest BCUT2D eigenvalue weighted by Crippen LogP contribution is 2.31. The summed E-state index contributed by atoms with van der Waals surface area (Å²) in [5, 5.41) is 1.03. The third-order valence-corrected chi connectivity index (χ3v) is 4.41. The number of hydrogen-bond acceptors (Lipinski definition) is 5. The van der Waals surface area contributed by atoms with Crippen LogP contribution in [-0.2, 0) is 6.18 Å². The van der Waals surface area contributed by atoms with Crippen LogP contribution in [0, 0.1) is 6.92 Å². The predicted octanol–water partition coefficient (Wildman–Crippen LogP) is 4.01. The van der Waals surface area contributed by atoms with Crippen molar-refractivity contribution in [3.63, 3.8) is 0 Å². The molecule has 1 N–H and O–H groups in total. The summed E-state index contributed by atoms with van der Waals surface area (Å²) < 4.78 is 49.0. The number of hydrogen-bond donors (Lipinski definition) is 1. The third-order valence-electron chi connectivity index (χ3n) is 4.41. The van der Waals surface area contributed by atoms with Crippen molar-refractivity contribution in [1.29, 1.82) is 0 Å². The van der Waals surface area contributed by atoms with Crippen LogP contribution >= 0.6 is 0 Å². The van der Waals surface area contributed by atoms with E-state index in [2.05, 4.69) is 10.4 Å². The molecule has 7 nitrogen and oxygen atoms in total. The van der Waals surface area contributed by atoms with E-state index in [0.717, 1.165) is 18.2 Å². The molecule has 2 aromatic rings. The SMILES string of the molecule is COc1cccc(C(=O)NN(C(=O)c2ccc(C(F)(F)F)nc2OC)C(C)(C)C)c1C. The fourth-order valence-electron chi connectivity index (χ4n) is 2.80. The number of rotatable bonds is 4. The minimum atomic E-state index is -4.70. The second kappa shape index (κ2) is 8.83. The molecule has 0 aliphatic rings. The number of hydrazine groups is 1. The van der Waals surface area contributed by atoms with Crippen LogP contribution in [-0.4, -0.2) is 41.6 Å². The Morgan fingerprint density at radius 2 is 1.65 bits per heavy atom. The molecule has 0 fully saturated rings. The highest BCUT2D eigenvalue weighted by molar-refractivity contribution is 6.01. The molecule has 1 aromatic heterocycles. The summed E-state index contributed by atoms with van der Waals surface area (Å²) in [6.45, 7) is 6.68. The molecule has 10 heteroatoms. The van der Waals surface area contributed by atoms with Crippen molar-refractivity contribution in [3.05, 3.63) is 52.7 Å². The van der Waals surface area contributed by atoms with E-state index >= 15 is 0 Å². The summed E-state index contributed by atoms with van der Waals surface area (Å²) in [7, 11) is 2.58. The lowest BCUT2D eigenvalue weighted by molar-refractivity contribution is -0.141. The van der Waals surface area contributed by atoms with Gasteiger partial charge in [-0.3, -0.25) is 15.0 Å². The van der Waals surface area contributed by atoms with Gasteiger partial charge in [0.05, 0.1) is 19.8 Å². The molecule has 0 saturated carbocycles. The summed E-state index contributed by atoms with van der Waals surface area (Å²) in [5.41, 5.74) is 1.04. The van der Waals surface area contributed by atoms with Gasteiger partial charge in [0.2, 0.25) is 5.88 Å². The average Bonchev–Trinajstić information content (AvgIpc) is 2.69. The van der Waals surface area contributed by atoms with E-state index in [1.807, 2.05) is 0 Å². The lowest BCUT2D eigenvalue weighted by atomic mass is 10.1. The molecule has 0 aliphatic heterocycles. The lowest BCUT2D eigenvalue weighted by Gasteiger charge is -2.35. The number of ether oxygens (including phenoxy) is 2. The summed E-state index contributed by atoms with van der Waals surface area (Å²) in [5.74, 6) is -1.37. The van der Waals surface area contributed by atoms with Crippen molar-refractivity contribution in [2.24, 2.45) is 0 Å². The van der Waals surface area contributed by atoms with Crippen molar-refractivity contribution >= 4 is 11.8 Å². The third kappa shape index (κ3) is 5.25. The normalized spacial score (nSPS) is 11.6. The minimum absolute atomic E-state index is 0.229. The van der Waals surface area contributed by atoms with Gasteiger partial charge in [-0.2, -0.15) is 13.2 Å². The van der Waals surface area contributed by atoms with Gasteiger partial charge in [0.25, 0.3) is 11.8 Å². The smallest absolute Gasteiger partial charge is 0.433 e. The Balaban J connectivity index is 2.44. The van der Waals surface area contributed by atoms with Crippen LogP contribution in [0.1, 0.15) is 52.7 Å². The maximum Gasteiger partial charge on any atom is 0.433 e. The van der Waals surface area contributed by atoms with Crippen molar-refractivity contribution in [2.75, 3.05) is 14.2 Å². The number of aromatic nitrogens is 1. The summed E-state index contributed by atoms with van der Waals surface area (Å²) in [4.78, 5) is 29.5. The first kappa shape index (κ1) is 24.0. The zero-order chi connectivity index (χ0) is 23.6. The standard InChI is InChI=1S/C21H24F3N3O4/c1-12-13(8-7-9-15(12)30-5)17(28)26-27(20(2,3)4)19(29)14-10-11-16(21(22,23)24)25-18(14)31-6/h7-11H,1-6H3,(H,26,28). The summed E-state index contributed by atoms with van der Waals surface area (Å²) in [6.07, 6.45) is -4.70. The van der Waals surface area contributed by atoms with Crippen molar-refractivity contribution in [2.45, 2.75) is 39.4 Å². The number of alkyl halides is 3. The largest absolute Gasteiger partial charge is 0.496 e. The number of nitrogens with one attached hydrogen (secondary N) is 1. The van der Waals surface area contributed by atoms with Crippen LogP contribution in [0.15, 0.2) is 30.3 Å². The topological polar surface area (TPSA) is 80.8 Å². The Hall–Kier alpha value is -3.30. The number of amides is 2. The van der Waals surface area contributed by atoms with Gasteiger partial charge < -0.3 is 9.47 Å². The first-order valence-electron chi connectivity index (χ1n) is 9.22. The van der Waals surface area contributed by atoms with E-state index in [0.29, 0.717) is 17.4 Å². The maximum atomic E-state index is 13.2. The van der Waals surface area contributed by atoms with Crippen LogP contribution in [0.25, 0.3) is 0 Å². The molecule has 0 unspecified atom stereocenters. The van der Waals surface area contributed by atoms with Gasteiger partial charge in [-0.05, 0) is 52.0 Å². The van der Waals surface area contributed by atoms with E-state index < -0.39 is 35.1 Å².